The second-order valence-corrected chi connectivity index (χ2v) is 10.7. The SMILES string of the molecule is Cc1ccc(C)c(-n2nc(-c3cccn3C)cc2C(=O)N2CCN(C(c3ccccc3)c3ccccc3)CC2)c1. The Hall–Kier alpha value is -4.42. The summed E-state index contributed by atoms with van der Waals surface area (Å²) in [5.74, 6) is 0.0180. The van der Waals surface area contributed by atoms with Crippen LogP contribution in [0.2, 0.25) is 0 Å². The number of rotatable bonds is 6. The average Bonchev–Trinajstić information content (AvgIpc) is 3.62. The van der Waals surface area contributed by atoms with Crippen molar-refractivity contribution in [2.24, 2.45) is 7.05 Å². The van der Waals surface area contributed by atoms with E-state index in [2.05, 4.69) is 97.6 Å². The highest BCUT2D eigenvalue weighted by Gasteiger charge is 2.30. The van der Waals surface area contributed by atoms with E-state index in [0.717, 1.165) is 41.3 Å². The number of carbonyl (C=O) groups excluding carboxylic acids is 1. The topological polar surface area (TPSA) is 46.3 Å². The molecule has 0 atom stereocenters. The molecule has 5 aromatic rings. The molecule has 0 unspecified atom stereocenters. The number of amides is 1. The van der Waals surface area contributed by atoms with Crippen LogP contribution in [-0.4, -0.2) is 56.2 Å². The number of hydrogen-bond acceptors (Lipinski definition) is 3. The van der Waals surface area contributed by atoms with Gasteiger partial charge < -0.3 is 9.47 Å². The number of aromatic nitrogens is 3. The van der Waals surface area contributed by atoms with Gasteiger partial charge in [-0.3, -0.25) is 9.69 Å². The lowest BCUT2D eigenvalue weighted by molar-refractivity contribution is 0.0588. The molecule has 6 rings (SSSR count). The lowest BCUT2D eigenvalue weighted by atomic mass is 9.96. The minimum atomic E-state index is 0.0180. The molecular formula is C34H35N5O. The summed E-state index contributed by atoms with van der Waals surface area (Å²) < 4.78 is 3.88. The molecule has 0 spiro atoms. The highest BCUT2D eigenvalue weighted by Crippen LogP contribution is 2.30. The zero-order valence-corrected chi connectivity index (χ0v) is 23.4. The number of hydrogen-bond donors (Lipinski definition) is 0. The number of aryl methyl sites for hydroxylation is 3. The maximum absolute atomic E-state index is 14.1. The maximum atomic E-state index is 14.1. The standard InChI is InChI=1S/C34H35N5O/c1-25-16-17-26(2)31(23-25)39-32(24-29(35-39)30-15-10-18-36(30)3)34(40)38-21-19-37(20-22-38)33(27-11-6-4-7-12-27)28-13-8-5-9-14-28/h4-18,23-24,33H,19-22H2,1-3H3. The zero-order chi connectivity index (χ0) is 27.6. The van der Waals surface area contributed by atoms with Gasteiger partial charge in [-0.25, -0.2) is 4.68 Å². The van der Waals surface area contributed by atoms with E-state index < -0.39 is 0 Å². The first kappa shape index (κ1) is 25.8. The molecule has 6 nitrogen and oxygen atoms in total. The molecule has 1 amide bonds. The number of carbonyl (C=O) groups is 1. The summed E-state index contributed by atoms with van der Waals surface area (Å²) >= 11 is 0. The number of piperazine rings is 1. The van der Waals surface area contributed by atoms with Crippen molar-refractivity contribution in [3.05, 3.63) is 131 Å². The third kappa shape index (κ3) is 4.98. The van der Waals surface area contributed by atoms with Crippen LogP contribution in [0.1, 0.15) is 38.8 Å². The molecule has 202 valence electrons. The van der Waals surface area contributed by atoms with E-state index in [9.17, 15) is 4.79 Å². The second-order valence-electron chi connectivity index (χ2n) is 10.7. The summed E-state index contributed by atoms with van der Waals surface area (Å²) in [4.78, 5) is 18.6. The molecule has 6 heteroatoms. The van der Waals surface area contributed by atoms with Crippen molar-refractivity contribution in [1.29, 1.82) is 0 Å². The molecule has 1 fully saturated rings. The van der Waals surface area contributed by atoms with Crippen LogP contribution in [0.5, 0.6) is 0 Å². The summed E-state index contributed by atoms with van der Waals surface area (Å²) in [7, 11) is 2.00. The quantitative estimate of drug-likeness (QED) is 0.269. The highest BCUT2D eigenvalue weighted by molar-refractivity contribution is 5.94. The van der Waals surface area contributed by atoms with Crippen LogP contribution in [0.25, 0.3) is 17.1 Å². The van der Waals surface area contributed by atoms with E-state index in [1.54, 1.807) is 0 Å². The summed E-state index contributed by atoms with van der Waals surface area (Å²) in [5.41, 5.74) is 8.08. The predicted octanol–water partition coefficient (Wildman–Crippen LogP) is 6.04. The van der Waals surface area contributed by atoms with Gasteiger partial charge in [-0.2, -0.15) is 5.10 Å². The minimum absolute atomic E-state index is 0.0180. The lowest BCUT2D eigenvalue weighted by Gasteiger charge is -2.39. The van der Waals surface area contributed by atoms with Crippen LogP contribution in [0.15, 0.2) is 103 Å². The Bertz CT molecular complexity index is 1570. The fourth-order valence-electron chi connectivity index (χ4n) is 5.75. The van der Waals surface area contributed by atoms with Gasteiger partial charge in [-0.15, -0.1) is 0 Å². The molecule has 1 aliphatic rings. The first-order valence-corrected chi connectivity index (χ1v) is 13.9. The molecule has 40 heavy (non-hydrogen) atoms. The first-order valence-electron chi connectivity index (χ1n) is 13.9. The van der Waals surface area contributed by atoms with E-state index in [4.69, 9.17) is 5.10 Å². The van der Waals surface area contributed by atoms with E-state index in [0.29, 0.717) is 18.8 Å². The van der Waals surface area contributed by atoms with Gasteiger partial charge in [-0.1, -0.05) is 72.8 Å². The van der Waals surface area contributed by atoms with Crippen molar-refractivity contribution < 1.29 is 4.79 Å². The molecule has 0 N–H and O–H groups in total. The lowest BCUT2D eigenvalue weighted by Crippen LogP contribution is -2.50. The second kappa shape index (κ2) is 11.0. The van der Waals surface area contributed by atoms with Gasteiger partial charge in [0.05, 0.1) is 17.4 Å². The average molecular weight is 530 g/mol. The molecular weight excluding hydrogens is 494 g/mol. The number of benzene rings is 3. The predicted molar refractivity (Wildman–Crippen MR) is 160 cm³/mol. The Morgan fingerprint density at radius 2 is 1.43 bits per heavy atom. The summed E-state index contributed by atoms with van der Waals surface area (Å²) in [5, 5.41) is 4.96. The van der Waals surface area contributed by atoms with Crippen molar-refractivity contribution in [3.63, 3.8) is 0 Å². The Labute approximate surface area is 236 Å². The van der Waals surface area contributed by atoms with Gasteiger partial charge in [0.2, 0.25) is 0 Å². The molecule has 1 saturated heterocycles. The molecule has 1 aliphatic heterocycles. The first-order chi connectivity index (χ1) is 19.5. The van der Waals surface area contributed by atoms with Gasteiger partial charge in [0, 0.05) is 39.4 Å². The Balaban J connectivity index is 1.30. The maximum Gasteiger partial charge on any atom is 0.272 e. The van der Waals surface area contributed by atoms with E-state index >= 15 is 0 Å². The van der Waals surface area contributed by atoms with E-state index in [1.807, 2.05) is 45.6 Å². The largest absolute Gasteiger partial charge is 0.349 e. The monoisotopic (exact) mass is 529 g/mol. The van der Waals surface area contributed by atoms with Crippen molar-refractivity contribution in [2.45, 2.75) is 19.9 Å². The van der Waals surface area contributed by atoms with Gasteiger partial charge in [-0.05, 0) is 60.4 Å². The van der Waals surface area contributed by atoms with E-state index in [1.165, 1.54) is 11.1 Å². The Morgan fingerprint density at radius 1 is 0.775 bits per heavy atom. The van der Waals surface area contributed by atoms with Crippen LogP contribution in [0, 0.1) is 13.8 Å². The Morgan fingerprint density at radius 3 is 2.02 bits per heavy atom. The molecule has 2 aromatic heterocycles. The Kier molecular flexibility index (Phi) is 7.10. The summed E-state index contributed by atoms with van der Waals surface area (Å²) in [6.45, 7) is 7.05. The molecule has 3 aromatic carbocycles. The van der Waals surface area contributed by atoms with Gasteiger partial charge in [0.25, 0.3) is 5.91 Å². The van der Waals surface area contributed by atoms with Crippen LogP contribution < -0.4 is 0 Å². The summed E-state index contributed by atoms with van der Waals surface area (Å²) in [6.07, 6.45) is 2.00. The van der Waals surface area contributed by atoms with Crippen molar-refractivity contribution in [3.8, 4) is 17.1 Å². The number of nitrogens with zero attached hydrogens (tertiary/aromatic N) is 5. The highest BCUT2D eigenvalue weighted by atomic mass is 16.2. The fourth-order valence-corrected chi connectivity index (χ4v) is 5.75. The fraction of sp³-hybridized carbons (Fsp3) is 0.235. The molecule has 3 heterocycles. The van der Waals surface area contributed by atoms with Gasteiger partial charge in [0.15, 0.2) is 0 Å². The molecule has 0 radical (unpaired) electrons. The van der Waals surface area contributed by atoms with E-state index in [-0.39, 0.29) is 11.9 Å². The van der Waals surface area contributed by atoms with Crippen molar-refractivity contribution in [2.75, 3.05) is 26.2 Å². The van der Waals surface area contributed by atoms with Crippen LogP contribution >= 0.6 is 0 Å². The minimum Gasteiger partial charge on any atom is -0.349 e. The van der Waals surface area contributed by atoms with Gasteiger partial charge in [0.1, 0.15) is 11.4 Å². The molecule has 0 bridgehead atoms. The normalized spacial score (nSPS) is 14.2. The smallest absolute Gasteiger partial charge is 0.272 e. The summed E-state index contributed by atoms with van der Waals surface area (Å²) in [6, 6.07) is 33.8. The van der Waals surface area contributed by atoms with Crippen LogP contribution in [-0.2, 0) is 7.05 Å². The third-order valence-electron chi connectivity index (χ3n) is 7.92. The van der Waals surface area contributed by atoms with Gasteiger partial charge >= 0.3 is 0 Å². The van der Waals surface area contributed by atoms with Crippen LogP contribution in [0.3, 0.4) is 0 Å². The van der Waals surface area contributed by atoms with Crippen molar-refractivity contribution in [1.82, 2.24) is 24.1 Å². The zero-order valence-electron chi connectivity index (χ0n) is 23.4. The third-order valence-corrected chi connectivity index (χ3v) is 7.92. The molecule has 0 saturated carbocycles. The van der Waals surface area contributed by atoms with Crippen LogP contribution in [0.4, 0.5) is 0 Å². The molecule has 0 aliphatic carbocycles. The van der Waals surface area contributed by atoms with Crippen molar-refractivity contribution >= 4 is 5.91 Å².